The molecule has 1 unspecified atom stereocenters. The zero-order valence-electron chi connectivity index (χ0n) is 11.0. The van der Waals surface area contributed by atoms with Gasteiger partial charge in [0.05, 0.1) is 0 Å². The van der Waals surface area contributed by atoms with Gasteiger partial charge in [0.1, 0.15) is 6.04 Å². The van der Waals surface area contributed by atoms with Crippen molar-refractivity contribution >= 4 is 11.9 Å². The van der Waals surface area contributed by atoms with Crippen LogP contribution in [0.5, 0.6) is 0 Å². The van der Waals surface area contributed by atoms with Gasteiger partial charge in [-0.1, -0.05) is 33.6 Å². The molecule has 17 heavy (non-hydrogen) atoms. The van der Waals surface area contributed by atoms with E-state index in [2.05, 4.69) is 19.2 Å². The normalized spacial score (nSPS) is 24.3. The van der Waals surface area contributed by atoms with Crippen LogP contribution in [0.1, 0.15) is 52.9 Å². The van der Waals surface area contributed by atoms with Gasteiger partial charge in [0.2, 0.25) is 5.91 Å². The van der Waals surface area contributed by atoms with Gasteiger partial charge in [-0.2, -0.15) is 0 Å². The Morgan fingerprint density at radius 2 is 2.12 bits per heavy atom. The van der Waals surface area contributed by atoms with Crippen LogP contribution in [-0.2, 0) is 9.59 Å². The fraction of sp³-hybridized carbons (Fsp3) is 0.846. The van der Waals surface area contributed by atoms with Gasteiger partial charge in [-0.25, -0.2) is 4.79 Å². The van der Waals surface area contributed by atoms with E-state index in [0.717, 1.165) is 25.7 Å². The van der Waals surface area contributed by atoms with Crippen molar-refractivity contribution in [1.82, 2.24) is 5.32 Å². The zero-order chi connectivity index (χ0) is 13.1. The van der Waals surface area contributed by atoms with Crippen LogP contribution in [0.25, 0.3) is 0 Å². The van der Waals surface area contributed by atoms with E-state index in [1.807, 2.05) is 6.92 Å². The van der Waals surface area contributed by atoms with E-state index in [1.165, 1.54) is 0 Å². The highest BCUT2D eigenvalue weighted by Crippen LogP contribution is 2.42. The van der Waals surface area contributed by atoms with Crippen molar-refractivity contribution in [2.45, 2.75) is 58.9 Å². The molecule has 0 radical (unpaired) electrons. The Kier molecular flexibility index (Phi) is 4.54. The number of carboxylic acids is 1. The molecule has 1 amide bonds. The Labute approximate surface area is 103 Å². The van der Waals surface area contributed by atoms with Gasteiger partial charge >= 0.3 is 5.97 Å². The number of carboxylic acid groups (broad SMARTS) is 1. The summed E-state index contributed by atoms with van der Waals surface area (Å²) in [6.07, 6.45) is 4.21. The van der Waals surface area contributed by atoms with Crippen molar-refractivity contribution in [1.29, 1.82) is 0 Å². The fourth-order valence-electron chi connectivity index (χ4n) is 2.63. The van der Waals surface area contributed by atoms with Crippen LogP contribution in [-0.4, -0.2) is 23.0 Å². The predicted molar refractivity (Wildman–Crippen MR) is 65.6 cm³/mol. The minimum Gasteiger partial charge on any atom is -0.480 e. The lowest BCUT2D eigenvalue weighted by Crippen LogP contribution is -2.45. The lowest BCUT2D eigenvalue weighted by atomic mass is 9.81. The Balaban J connectivity index is 2.61. The maximum absolute atomic E-state index is 12.1. The highest BCUT2D eigenvalue weighted by atomic mass is 16.4. The molecule has 2 N–H and O–H groups in total. The molecular formula is C13H23NO3. The van der Waals surface area contributed by atoms with E-state index in [-0.39, 0.29) is 17.2 Å². The minimum atomic E-state index is -0.934. The Hall–Kier alpha value is -1.06. The van der Waals surface area contributed by atoms with Gasteiger partial charge in [0.15, 0.2) is 0 Å². The second-order valence-corrected chi connectivity index (χ2v) is 5.62. The van der Waals surface area contributed by atoms with Crippen molar-refractivity contribution in [3.05, 3.63) is 0 Å². The average molecular weight is 241 g/mol. The van der Waals surface area contributed by atoms with Crippen molar-refractivity contribution in [2.75, 3.05) is 0 Å². The molecule has 4 heteroatoms. The first-order valence-electron chi connectivity index (χ1n) is 6.41. The van der Waals surface area contributed by atoms with Gasteiger partial charge in [0.25, 0.3) is 0 Å². The molecule has 1 rings (SSSR count). The van der Waals surface area contributed by atoms with E-state index in [4.69, 9.17) is 5.11 Å². The third-order valence-corrected chi connectivity index (χ3v) is 3.77. The van der Waals surface area contributed by atoms with E-state index in [0.29, 0.717) is 6.42 Å². The molecule has 0 aromatic carbocycles. The SMILES string of the molecule is CCC[C@H](NC(=O)C1CCCC1(C)C)C(=O)O. The summed E-state index contributed by atoms with van der Waals surface area (Å²) >= 11 is 0. The fourth-order valence-corrected chi connectivity index (χ4v) is 2.63. The molecule has 0 aromatic heterocycles. The van der Waals surface area contributed by atoms with Crippen molar-refractivity contribution in [3.63, 3.8) is 0 Å². The third-order valence-electron chi connectivity index (χ3n) is 3.77. The number of hydrogen-bond acceptors (Lipinski definition) is 2. The lowest BCUT2D eigenvalue weighted by Gasteiger charge is -2.27. The molecule has 98 valence electrons. The first-order chi connectivity index (χ1) is 7.88. The van der Waals surface area contributed by atoms with Crippen molar-refractivity contribution in [2.24, 2.45) is 11.3 Å². The third kappa shape index (κ3) is 3.45. The van der Waals surface area contributed by atoms with Crippen LogP contribution >= 0.6 is 0 Å². The smallest absolute Gasteiger partial charge is 0.326 e. The number of carbonyl (C=O) groups is 2. The summed E-state index contributed by atoms with van der Waals surface area (Å²) in [6, 6.07) is -0.733. The van der Waals surface area contributed by atoms with Crippen LogP contribution in [0.4, 0.5) is 0 Å². The molecule has 0 bridgehead atoms. The van der Waals surface area contributed by atoms with Crippen molar-refractivity contribution in [3.8, 4) is 0 Å². The van der Waals surface area contributed by atoms with Gasteiger partial charge in [-0.05, 0) is 24.7 Å². The molecule has 1 aliphatic carbocycles. The molecule has 0 saturated heterocycles. The standard InChI is InChI=1S/C13H23NO3/c1-4-6-10(12(16)17)14-11(15)9-7-5-8-13(9,2)3/h9-10H,4-8H2,1-3H3,(H,14,15)(H,16,17)/t9?,10-/m0/s1. The van der Waals surface area contributed by atoms with Crippen LogP contribution in [0.2, 0.25) is 0 Å². The Bertz CT molecular complexity index is 299. The van der Waals surface area contributed by atoms with E-state index < -0.39 is 12.0 Å². The summed E-state index contributed by atoms with van der Waals surface area (Å²) in [7, 11) is 0. The second-order valence-electron chi connectivity index (χ2n) is 5.62. The topological polar surface area (TPSA) is 66.4 Å². The van der Waals surface area contributed by atoms with E-state index in [1.54, 1.807) is 0 Å². The summed E-state index contributed by atoms with van der Waals surface area (Å²) in [4.78, 5) is 23.1. The Morgan fingerprint density at radius 3 is 2.53 bits per heavy atom. The molecule has 0 spiro atoms. The number of rotatable bonds is 5. The molecule has 1 saturated carbocycles. The highest BCUT2D eigenvalue weighted by Gasteiger charge is 2.40. The average Bonchev–Trinajstić information content (AvgIpc) is 2.57. The molecule has 1 fully saturated rings. The summed E-state index contributed by atoms with van der Waals surface area (Å²) in [5.41, 5.74) is -0.000644. The largest absolute Gasteiger partial charge is 0.480 e. The molecule has 1 aliphatic rings. The summed E-state index contributed by atoms with van der Waals surface area (Å²) in [5.74, 6) is -1.06. The lowest BCUT2D eigenvalue weighted by molar-refractivity contribution is -0.143. The van der Waals surface area contributed by atoms with Gasteiger partial charge < -0.3 is 10.4 Å². The first-order valence-corrected chi connectivity index (χ1v) is 6.41. The summed E-state index contributed by atoms with van der Waals surface area (Å²) in [6.45, 7) is 6.08. The minimum absolute atomic E-state index is 0.000644. The van der Waals surface area contributed by atoms with Crippen LogP contribution in [0.3, 0.4) is 0 Å². The maximum atomic E-state index is 12.1. The summed E-state index contributed by atoms with van der Waals surface area (Å²) in [5, 5.41) is 11.7. The highest BCUT2D eigenvalue weighted by molar-refractivity contribution is 5.85. The van der Waals surface area contributed by atoms with E-state index in [9.17, 15) is 9.59 Å². The molecule has 4 nitrogen and oxygen atoms in total. The monoisotopic (exact) mass is 241 g/mol. The molecule has 0 aromatic rings. The number of amides is 1. The molecule has 0 aliphatic heterocycles. The predicted octanol–water partition coefficient (Wildman–Crippen LogP) is 2.18. The number of aliphatic carboxylic acids is 1. The molecule has 2 atom stereocenters. The van der Waals surface area contributed by atoms with Crippen LogP contribution < -0.4 is 5.32 Å². The van der Waals surface area contributed by atoms with Gasteiger partial charge in [0, 0.05) is 5.92 Å². The number of carbonyl (C=O) groups excluding carboxylic acids is 1. The maximum Gasteiger partial charge on any atom is 0.326 e. The second kappa shape index (κ2) is 5.52. The van der Waals surface area contributed by atoms with Gasteiger partial charge in [-0.3, -0.25) is 4.79 Å². The number of hydrogen-bond donors (Lipinski definition) is 2. The Morgan fingerprint density at radius 1 is 1.47 bits per heavy atom. The van der Waals surface area contributed by atoms with E-state index >= 15 is 0 Å². The quantitative estimate of drug-likeness (QED) is 0.775. The van der Waals surface area contributed by atoms with Crippen LogP contribution in [0, 0.1) is 11.3 Å². The van der Waals surface area contributed by atoms with Gasteiger partial charge in [-0.15, -0.1) is 0 Å². The number of nitrogens with one attached hydrogen (secondary N) is 1. The van der Waals surface area contributed by atoms with Crippen molar-refractivity contribution < 1.29 is 14.7 Å². The molecular weight excluding hydrogens is 218 g/mol. The zero-order valence-corrected chi connectivity index (χ0v) is 11.0. The molecule has 0 heterocycles. The van der Waals surface area contributed by atoms with Crippen LogP contribution in [0.15, 0.2) is 0 Å². The summed E-state index contributed by atoms with van der Waals surface area (Å²) < 4.78 is 0. The first kappa shape index (κ1) is 14.0.